The number of halogens is 2. The van der Waals surface area contributed by atoms with Gasteiger partial charge in [-0.3, -0.25) is 4.90 Å². The molecule has 144 valence electrons. The highest BCUT2D eigenvalue weighted by atomic mass is 19.1. The van der Waals surface area contributed by atoms with Crippen LogP contribution in [0.4, 0.5) is 13.6 Å². The van der Waals surface area contributed by atoms with Crippen LogP contribution in [0.3, 0.4) is 0 Å². The van der Waals surface area contributed by atoms with Gasteiger partial charge in [0.1, 0.15) is 18.2 Å². The Kier molecular flexibility index (Phi) is 4.77. The van der Waals surface area contributed by atoms with Crippen LogP contribution < -0.4 is 0 Å². The molecule has 1 aromatic heterocycles. The zero-order chi connectivity index (χ0) is 19.0. The first-order chi connectivity index (χ1) is 13.0. The number of amides is 2. The van der Waals surface area contributed by atoms with Crippen LogP contribution in [0, 0.1) is 18.6 Å². The molecule has 3 heterocycles. The number of nitrogens with zero attached hydrogens (tertiary/aromatic N) is 5. The first kappa shape index (κ1) is 17.8. The van der Waals surface area contributed by atoms with Crippen molar-refractivity contribution in [3.8, 4) is 0 Å². The first-order valence-corrected chi connectivity index (χ1v) is 9.00. The molecule has 1 atom stereocenters. The summed E-state index contributed by atoms with van der Waals surface area (Å²) < 4.78 is 32.3. The molecule has 9 heteroatoms. The van der Waals surface area contributed by atoms with E-state index in [2.05, 4.69) is 15.0 Å². The molecule has 4 rings (SSSR count). The van der Waals surface area contributed by atoms with Gasteiger partial charge in [-0.15, -0.1) is 0 Å². The summed E-state index contributed by atoms with van der Waals surface area (Å²) in [4.78, 5) is 22.4. The Balaban J connectivity index is 1.35. The molecule has 2 aliphatic rings. The number of urea groups is 1. The zero-order valence-electron chi connectivity index (χ0n) is 15.1. The number of rotatable bonds is 5. The van der Waals surface area contributed by atoms with Crippen LogP contribution >= 0.6 is 0 Å². The van der Waals surface area contributed by atoms with Crippen molar-refractivity contribution in [3.05, 3.63) is 47.1 Å². The SMILES string of the molecule is Cc1noc(CN2CCN(C3CCN(Cc4cc(F)ccc4F)C3)C2=O)n1. The topological polar surface area (TPSA) is 65.7 Å². The van der Waals surface area contributed by atoms with E-state index < -0.39 is 11.6 Å². The van der Waals surface area contributed by atoms with E-state index in [1.165, 1.54) is 6.07 Å². The molecule has 2 saturated heterocycles. The van der Waals surface area contributed by atoms with Gasteiger partial charge in [-0.1, -0.05) is 5.16 Å². The van der Waals surface area contributed by atoms with Crippen LogP contribution in [0.1, 0.15) is 23.7 Å². The van der Waals surface area contributed by atoms with Gasteiger partial charge in [0, 0.05) is 44.3 Å². The van der Waals surface area contributed by atoms with Crippen molar-refractivity contribution >= 4 is 6.03 Å². The third-order valence-corrected chi connectivity index (χ3v) is 5.11. The van der Waals surface area contributed by atoms with Crippen LogP contribution in [0.2, 0.25) is 0 Å². The highest BCUT2D eigenvalue weighted by Crippen LogP contribution is 2.24. The second-order valence-corrected chi connectivity index (χ2v) is 7.05. The third-order valence-electron chi connectivity index (χ3n) is 5.11. The van der Waals surface area contributed by atoms with Gasteiger partial charge in [0.25, 0.3) is 0 Å². The molecular weight excluding hydrogens is 356 g/mol. The van der Waals surface area contributed by atoms with Crippen LogP contribution in [-0.2, 0) is 13.1 Å². The zero-order valence-corrected chi connectivity index (χ0v) is 15.1. The lowest BCUT2D eigenvalue weighted by Gasteiger charge is -2.24. The van der Waals surface area contributed by atoms with Crippen molar-refractivity contribution in [2.75, 3.05) is 26.2 Å². The molecule has 2 aliphatic heterocycles. The predicted molar refractivity (Wildman–Crippen MR) is 91.6 cm³/mol. The van der Waals surface area contributed by atoms with E-state index in [-0.39, 0.29) is 12.1 Å². The van der Waals surface area contributed by atoms with Gasteiger partial charge in [-0.2, -0.15) is 4.98 Å². The lowest BCUT2D eigenvalue weighted by atomic mass is 10.2. The Morgan fingerprint density at radius 2 is 2.07 bits per heavy atom. The van der Waals surface area contributed by atoms with Gasteiger partial charge in [0.05, 0.1) is 0 Å². The van der Waals surface area contributed by atoms with Crippen LogP contribution in [0.25, 0.3) is 0 Å². The number of carbonyl (C=O) groups excluding carboxylic acids is 1. The van der Waals surface area contributed by atoms with Crippen molar-refractivity contribution in [3.63, 3.8) is 0 Å². The van der Waals surface area contributed by atoms with Gasteiger partial charge in [-0.05, 0) is 31.5 Å². The minimum absolute atomic E-state index is 0.0466. The quantitative estimate of drug-likeness (QED) is 0.799. The summed E-state index contributed by atoms with van der Waals surface area (Å²) in [7, 11) is 0. The molecule has 7 nitrogen and oxygen atoms in total. The maximum Gasteiger partial charge on any atom is 0.320 e. The Morgan fingerprint density at radius 1 is 1.22 bits per heavy atom. The van der Waals surface area contributed by atoms with Crippen molar-refractivity contribution < 1.29 is 18.1 Å². The van der Waals surface area contributed by atoms with E-state index >= 15 is 0 Å². The molecule has 2 aromatic rings. The normalized spacial score (nSPS) is 20.9. The average molecular weight is 377 g/mol. The smallest absolute Gasteiger partial charge is 0.320 e. The lowest BCUT2D eigenvalue weighted by Crippen LogP contribution is -2.40. The van der Waals surface area contributed by atoms with Crippen LogP contribution in [-0.4, -0.2) is 63.1 Å². The summed E-state index contributed by atoms with van der Waals surface area (Å²) in [6.07, 6.45) is 0.816. The molecule has 2 amide bonds. The summed E-state index contributed by atoms with van der Waals surface area (Å²) in [5.41, 5.74) is 0.344. The van der Waals surface area contributed by atoms with Crippen molar-refractivity contribution in [1.29, 1.82) is 0 Å². The number of aromatic nitrogens is 2. The number of benzene rings is 1. The van der Waals surface area contributed by atoms with E-state index in [0.29, 0.717) is 50.0 Å². The van der Waals surface area contributed by atoms with Gasteiger partial charge >= 0.3 is 6.03 Å². The van der Waals surface area contributed by atoms with E-state index in [4.69, 9.17) is 4.52 Å². The Bertz CT molecular complexity index is 843. The van der Waals surface area contributed by atoms with E-state index in [1.807, 2.05) is 4.90 Å². The number of hydrogen-bond acceptors (Lipinski definition) is 5. The fourth-order valence-electron chi connectivity index (χ4n) is 3.77. The summed E-state index contributed by atoms with van der Waals surface area (Å²) in [6, 6.07) is 3.53. The largest absolute Gasteiger partial charge is 0.337 e. The molecule has 27 heavy (non-hydrogen) atoms. The van der Waals surface area contributed by atoms with Crippen molar-refractivity contribution in [2.24, 2.45) is 0 Å². The third kappa shape index (κ3) is 3.78. The van der Waals surface area contributed by atoms with E-state index in [1.54, 1.807) is 11.8 Å². The monoisotopic (exact) mass is 377 g/mol. The highest BCUT2D eigenvalue weighted by molar-refractivity contribution is 5.76. The molecule has 0 spiro atoms. The number of aryl methyl sites for hydroxylation is 1. The highest BCUT2D eigenvalue weighted by Gasteiger charge is 2.37. The summed E-state index contributed by atoms with van der Waals surface area (Å²) in [5, 5.41) is 3.74. The Hall–Kier alpha value is -2.55. The van der Waals surface area contributed by atoms with Crippen molar-refractivity contribution in [2.45, 2.75) is 32.5 Å². The number of likely N-dealkylation sites (tertiary alicyclic amines) is 1. The minimum atomic E-state index is -0.441. The van der Waals surface area contributed by atoms with Crippen molar-refractivity contribution in [1.82, 2.24) is 24.8 Å². The molecule has 0 aliphatic carbocycles. The minimum Gasteiger partial charge on any atom is -0.337 e. The van der Waals surface area contributed by atoms with E-state index in [0.717, 1.165) is 25.1 Å². The summed E-state index contributed by atoms with van der Waals surface area (Å²) in [5.74, 6) is 0.128. The number of hydrogen-bond donors (Lipinski definition) is 0. The van der Waals surface area contributed by atoms with Crippen LogP contribution in [0.15, 0.2) is 22.7 Å². The van der Waals surface area contributed by atoms with Gasteiger partial charge in [-0.25, -0.2) is 13.6 Å². The van der Waals surface area contributed by atoms with Gasteiger partial charge in [0.15, 0.2) is 5.82 Å². The fourth-order valence-corrected chi connectivity index (χ4v) is 3.77. The summed E-state index contributed by atoms with van der Waals surface area (Å²) in [6.45, 7) is 5.02. The molecule has 0 radical (unpaired) electrons. The average Bonchev–Trinajstić information content (AvgIpc) is 3.34. The summed E-state index contributed by atoms with van der Waals surface area (Å²) >= 11 is 0. The molecule has 0 saturated carbocycles. The molecule has 2 fully saturated rings. The second-order valence-electron chi connectivity index (χ2n) is 7.05. The predicted octanol–water partition coefficient (Wildman–Crippen LogP) is 2.17. The molecule has 1 unspecified atom stereocenters. The molecule has 0 bridgehead atoms. The molecular formula is C18H21F2N5O2. The van der Waals surface area contributed by atoms with Crippen LogP contribution in [0.5, 0.6) is 0 Å². The molecule has 0 N–H and O–H groups in total. The Labute approximate surface area is 155 Å². The Morgan fingerprint density at radius 3 is 2.85 bits per heavy atom. The second kappa shape index (κ2) is 7.22. The number of carbonyl (C=O) groups is 1. The molecule has 1 aromatic carbocycles. The maximum atomic E-state index is 13.9. The van der Waals surface area contributed by atoms with E-state index in [9.17, 15) is 13.6 Å². The standard InChI is InChI=1S/C18H21F2N5O2/c1-12-21-17(27-22-12)11-24-6-7-25(18(24)26)15-4-5-23(10-15)9-13-8-14(19)2-3-16(13)20/h2-3,8,15H,4-7,9-11H2,1H3. The van der Waals surface area contributed by atoms with Gasteiger partial charge in [0.2, 0.25) is 5.89 Å². The van der Waals surface area contributed by atoms with Gasteiger partial charge < -0.3 is 14.3 Å². The lowest BCUT2D eigenvalue weighted by molar-refractivity contribution is 0.170. The maximum absolute atomic E-state index is 13.9. The first-order valence-electron chi connectivity index (χ1n) is 9.00. The fraction of sp³-hybridized carbons (Fsp3) is 0.500.